The number of likely N-dealkylation sites (tertiary alicyclic amines) is 1. The number of rotatable bonds is 4. The molecule has 1 saturated heterocycles. The van der Waals surface area contributed by atoms with Gasteiger partial charge in [-0.25, -0.2) is 0 Å². The fraction of sp³-hybridized carbons (Fsp3) is 0.625. The molecule has 1 N–H and O–H groups in total. The van der Waals surface area contributed by atoms with E-state index >= 15 is 0 Å². The van der Waals surface area contributed by atoms with E-state index in [1.807, 2.05) is 0 Å². The standard InChI is InChI=1S/C16H26N2O/c1-13-5-6-15(19-4)14(11-13)12-16(17-2)7-9-18(3)10-8-16/h5-6,11,17H,7-10,12H2,1-4H3. The van der Waals surface area contributed by atoms with Crippen LogP contribution in [0.3, 0.4) is 0 Å². The van der Waals surface area contributed by atoms with Crippen LogP contribution in [0.1, 0.15) is 24.0 Å². The molecule has 1 aliphatic heterocycles. The molecule has 1 aromatic rings. The molecule has 0 saturated carbocycles. The number of likely N-dealkylation sites (N-methyl/N-ethyl adjacent to an activating group) is 1. The van der Waals surface area contributed by atoms with Crippen molar-refractivity contribution in [2.24, 2.45) is 0 Å². The second-order valence-electron chi connectivity index (χ2n) is 5.83. The van der Waals surface area contributed by atoms with Gasteiger partial charge in [0.2, 0.25) is 0 Å². The molecule has 0 atom stereocenters. The molecule has 0 amide bonds. The summed E-state index contributed by atoms with van der Waals surface area (Å²) in [7, 11) is 6.05. The van der Waals surface area contributed by atoms with Gasteiger partial charge in [-0.3, -0.25) is 0 Å². The number of ether oxygens (including phenoxy) is 1. The zero-order valence-corrected chi connectivity index (χ0v) is 12.6. The molecule has 0 spiro atoms. The Morgan fingerprint density at radius 1 is 1.32 bits per heavy atom. The molecule has 1 fully saturated rings. The number of hydrogen-bond donors (Lipinski definition) is 1. The first-order valence-corrected chi connectivity index (χ1v) is 7.09. The summed E-state index contributed by atoms with van der Waals surface area (Å²) < 4.78 is 5.51. The van der Waals surface area contributed by atoms with Crippen molar-refractivity contribution in [2.45, 2.75) is 31.7 Å². The van der Waals surface area contributed by atoms with Crippen LogP contribution in [0.15, 0.2) is 18.2 Å². The van der Waals surface area contributed by atoms with Gasteiger partial charge in [0.05, 0.1) is 7.11 Å². The number of methoxy groups -OCH3 is 1. The van der Waals surface area contributed by atoms with Crippen LogP contribution in [0.4, 0.5) is 0 Å². The van der Waals surface area contributed by atoms with Gasteiger partial charge in [-0.05, 0) is 65.0 Å². The Kier molecular flexibility index (Phi) is 4.48. The van der Waals surface area contributed by atoms with Crippen LogP contribution in [0, 0.1) is 6.92 Å². The van der Waals surface area contributed by atoms with E-state index in [4.69, 9.17) is 4.74 Å². The molecule has 0 aliphatic carbocycles. The molecule has 3 nitrogen and oxygen atoms in total. The highest BCUT2D eigenvalue weighted by Gasteiger charge is 2.32. The summed E-state index contributed by atoms with van der Waals surface area (Å²) in [6.45, 7) is 4.47. The molecular formula is C16H26N2O. The highest BCUT2D eigenvalue weighted by atomic mass is 16.5. The summed E-state index contributed by atoms with van der Waals surface area (Å²) in [5.41, 5.74) is 2.84. The minimum absolute atomic E-state index is 0.216. The normalized spacial score (nSPS) is 19.4. The zero-order chi connectivity index (χ0) is 13.9. The molecule has 0 radical (unpaired) electrons. The minimum atomic E-state index is 0.216. The van der Waals surface area contributed by atoms with E-state index in [-0.39, 0.29) is 5.54 Å². The van der Waals surface area contributed by atoms with Gasteiger partial charge < -0.3 is 15.0 Å². The third kappa shape index (κ3) is 3.28. The van der Waals surface area contributed by atoms with Crippen molar-refractivity contribution in [3.63, 3.8) is 0 Å². The Morgan fingerprint density at radius 2 is 2.00 bits per heavy atom. The first-order valence-electron chi connectivity index (χ1n) is 7.09. The molecule has 0 bridgehead atoms. The van der Waals surface area contributed by atoms with Crippen LogP contribution < -0.4 is 10.1 Å². The lowest BCUT2D eigenvalue weighted by Gasteiger charge is -2.41. The molecule has 0 unspecified atom stereocenters. The predicted molar refractivity (Wildman–Crippen MR) is 80.0 cm³/mol. The summed E-state index contributed by atoms with van der Waals surface area (Å²) in [4.78, 5) is 2.41. The van der Waals surface area contributed by atoms with Crippen LogP contribution >= 0.6 is 0 Å². The van der Waals surface area contributed by atoms with E-state index in [1.165, 1.54) is 24.0 Å². The first kappa shape index (κ1) is 14.4. The minimum Gasteiger partial charge on any atom is -0.496 e. The molecule has 2 rings (SSSR count). The smallest absolute Gasteiger partial charge is 0.122 e. The second-order valence-corrected chi connectivity index (χ2v) is 5.83. The van der Waals surface area contributed by atoms with Crippen LogP contribution in [0.2, 0.25) is 0 Å². The maximum absolute atomic E-state index is 5.51. The lowest BCUT2D eigenvalue weighted by molar-refractivity contribution is 0.163. The molecule has 3 heteroatoms. The van der Waals surface area contributed by atoms with E-state index in [0.29, 0.717) is 0 Å². The van der Waals surface area contributed by atoms with Gasteiger partial charge in [0.1, 0.15) is 5.75 Å². The van der Waals surface area contributed by atoms with Gasteiger partial charge in [-0.15, -0.1) is 0 Å². The average Bonchev–Trinajstić information content (AvgIpc) is 2.42. The Labute approximate surface area is 116 Å². The third-order valence-electron chi connectivity index (χ3n) is 4.44. The highest BCUT2D eigenvalue weighted by Crippen LogP contribution is 2.30. The van der Waals surface area contributed by atoms with E-state index < -0.39 is 0 Å². The molecule has 106 valence electrons. The number of aryl methyl sites for hydroxylation is 1. The van der Waals surface area contributed by atoms with Crippen molar-refractivity contribution in [3.05, 3.63) is 29.3 Å². The van der Waals surface area contributed by atoms with Gasteiger partial charge in [0.25, 0.3) is 0 Å². The highest BCUT2D eigenvalue weighted by molar-refractivity contribution is 5.38. The van der Waals surface area contributed by atoms with Crippen molar-refractivity contribution in [3.8, 4) is 5.75 Å². The number of piperidine rings is 1. The SMILES string of the molecule is CNC1(Cc2cc(C)ccc2OC)CCN(C)CC1. The van der Waals surface area contributed by atoms with Crippen molar-refractivity contribution in [2.75, 3.05) is 34.3 Å². The molecule has 1 heterocycles. The van der Waals surface area contributed by atoms with Crippen LogP contribution in [-0.2, 0) is 6.42 Å². The molecule has 19 heavy (non-hydrogen) atoms. The topological polar surface area (TPSA) is 24.5 Å². The van der Waals surface area contributed by atoms with Crippen LogP contribution in [0.5, 0.6) is 5.75 Å². The van der Waals surface area contributed by atoms with Crippen molar-refractivity contribution in [1.29, 1.82) is 0 Å². The Balaban J connectivity index is 2.20. The fourth-order valence-electron chi connectivity index (χ4n) is 2.97. The Morgan fingerprint density at radius 3 is 2.58 bits per heavy atom. The van der Waals surface area contributed by atoms with Gasteiger partial charge in [0.15, 0.2) is 0 Å². The number of benzene rings is 1. The van der Waals surface area contributed by atoms with E-state index in [9.17, 15) is 0 Å². The Bertz CT molecular complexity index is 423. The number of hydrogen-bond acceptors (Lipinski definition) is 3. The third-order valence-corrected chi connectivity index (χ3v) is 4.44. The monoisotopic (exact) mass is 262 g/mol. The fourth-order valence-corrected chi connectivity index (χ4v) is 2.97. The molecule has 0 aromatic heterocycles. The zero-order valence-electron chi connectivity index (χ0n) is 12.6. The van der Waals surface area contributed by atoms with E-state index in [0.717, 1.165) is 25.3 Å². The maximum atomic E-state index is 5.51. The summed E-state index contributed by atoms with van der Waals surface area (Å²) in [6, 6.07) is 6.46. The average molecular weight is 262 g/mol. The van der Waals surface area contributed by atoms with Gasteiger partial charge in [-0.2, -0.15) is 0 Å². The first-order chi connectivity index (χ1) is 9.08. The van der Waals surface area contributed by atoms with Gasteiger partial charge in [-0.1, -0.05) is 17.7 Å². The number of nitrogens with one attached hydrogen (secondary N) is 1. The predicted octanol–water partition coefficient (Wildman–Crippen LogP) is 2.23. The van der Waals surface area contributed by atoms with Crippen molar-refractivity contribution < 1.29 is 4.74 Å². The van der Waals surface area contributed by atoms with Gasteiger partial charge >= 0.3 is 0 Å². The van der Waals surface area contributed by atoms with E-state index in [1.54, 1.807) is 7.11 Å². The van der Waals surface area contributed by atoms with Crippen LogP contribution in [-0.4, -0.2) is 44.7 Å². The lowest BCUT2D eigenvalue weighted by Crippen LogP contribution is -2.52. The maximum Gasteiger partial charge on any atom is 0.122 e. The molecule has 1 aromatic carbocycles. The Hall–Kier alpha value is -1.06. The van der Waals surface area contributed by atoms with Crippen LogP contribution in [0.25, 0.3) is 0 Å². The molecular weight excluding hydrogens is 236 g/mol. The summed E-state index contributed by atoms with van der Waals surface area (Å²) in [5, 5.41) is 3.58. The van der Waals surface area contributed by atoms with Crippen molar-refractivity contribution >= 4 is 0 Å². The quantitative estimate of drug-likeness (QED) is 0.900. The lowest BCUT2D eigenvalue weighted by atomic mass is 9.81. The van der Waals surface area contributed by atoms with Crippen molar-refractivity contribution in [1.82, 2.24) is 10.2 Å². The summed E-state index contributed by atoms with van der Waals surface area (Å²) in [5.74, 6) is 1.01. The summed E-state index contributed by atoms with van der Waals surface area (Å²) in [6.07, 6.45) is 3.43. The largest absolute Gasteiger partial charge is 0.496 e. The molecule has 1 aliphatic rings. The summed E-state index contributed by atoms with van der Waals surface area (Å²) >= 11 is 0. The second kappa shape index (κ2) is 5.93. The van der Waals surface area contributed by atoms with E-state index in [2.05, 4.69) is 49.4 Å². The number of nitrogens with zero attached hydrogens (tertiary/aromatic N) is 1. The van der Waals surface area contributed by atoms with Gasteiger partial charge in [0, 0.05) is 5.54 Å².